The lowest BCUT2D eigenvalue weighted by Gasteiger charge is -2.38. The van der Waals surface area contributed by atoms with Crippen molar-refractivity contribution < 1.29 is 14.2 Å². The van der Waals surface area contributed by atoms with Gasteiger partial charge in [0.15, 0.2) is 0 Å². The van der Waals surface area contributed by atoms with Crippen molar-refractivity contribution in [2.24, 2.45) is 0 Å². The highest BCUT2D eigenvalue weighted by molar-refractivity contribution is 7.81. The van der Waals surface area contributed by atoms with Gasteiger partial charge in [0.25, 0.3) is 0 Å². The van der Waals surface area contributed by atoms with E-state index >= 15 is 0 Å². The van der Waals surface area contributed by atoms with E-state index in [0.29, 0.717) is 20.6 Å². The molecule has 6 heteroatoms. The maximum atomic E-state index is 12.3. The Morgan fingerprint density at radius 3 is 2.24 bits per heavy atom. The van der Waals surface area contributed by atoms with Crippen molar-refractivity contribution >= 4 is 31.7 Å². The normalized spacial score (nSPS) is 15.1. The summed E-state index contributed by atoms with van der Waals surface area (Å²) < 4.78 is 11.3. The van der Waals surface area contributed by atoms with E-state index in [9.17, 15) is 4.79 Å². The van der Waals surface area contributed by atoms with Gasteiger partial charge in [-0.2, -0.15) is 12.6 Å². The van der Waals surface area contributed by atoms with Gasteiger partial charge in [0.2, 0.25) is 0 Å². The van der Waals surface area contributed by atoms with Crippen LogP contribution in [0.5, 0.6) is 0 Å². The first kappa shape index (κ1) is 20.2. The van der Waals surface area contributed by atoms with Gasteiger partial charge in [-0.15, -0.1) is 0 Å². The van der Waals surface area contributed by atoms with Crippen LogP contribution in [0.4, 0.5) is 4.79 Å². The van der Waals surface area contributed by atoms with Gasteiger partial charge < -0.3 is 9.39 Å². The summed E-state index contributed by atoms with van der Waals surface area (Å²) in [6, 6.07) is 6.28. The minimum atomic E-state index is -0.476. The maximum Gasteiger partial charge on any atom is 0.410 e. The van der Waals surface area contributed by atoms with E-state index in [0.717, 1.165) is 11.0 Å². The van der Waals surface area contributed by atoms with Crippen LogP contribution in [-0.4, -0.2) is 34.4 Å². The summed E-state index contributed by atoms with van der Waals surface area (Å²) in [6.07, 6.45) is -0.264. The number of ether oxygens (including phenoxy) is 1. The number of hydrogen-bond donors (Lipinski definition) is 1. The van der Waals surface area contributed by atoms with E-state index in [2.05, 4.69) is 58.5 Å². The van der Waals surface area contributed by atoms with Gasteiger partial charge in [-0.05, 0) is 59.6 Å². The van der Waals surface area contributed by atoms with Crippen molar-refractivity contribution in [1.82, 2.24) is 4.90 Å². The molecule has 1 aliphatic heterocycles. The fraction of sp³-hybridized carbons (Fsp3) is 0.632. The molecular weight excluding hydrogens is 333 g/mol. The SMILES string of the molecule is CC(C)(C)OC(=O)N1Cc2ccc(BOC(C)(C)C(C)(C)S)cc2C1. The molecule has 0 aliphatic carbocycles. The molecular formula is C19H30BNO3S. The monoisotopic (exact) mass is 363 g/mol. The van der Waals surface area contributed by atoms with Gasteiger partial charge in [0.05, 0.1) is 5.60 Å². The molecule has 0 saturated heterocycles. The molecule has 0 atom stereocenters. The van der Waals surface area contributed by atoms with Crippen LogP contribution in [-0.2, 0) is 22.5 Å². The van der Waals surface area contributed by atoms with Gasteiger partial charge >= 0.3 is 13.6 Å². The Bertz CT molecular complexity index is 647. The highest BCUT2D eigenvalue weighted by Crippen LogP contribution is 2.30. The predicted octanol–water partition coefficient (Wildman–Crippen LogP) is 3.42. The van der Waals surface area contributed by atoms with E-state index in [1.807, 2.05) is 20.8 Å². The zero-order chi connectivity index (χ0) is 19.0. The summed E-state index contributed by atoms with van der Waals surface area (Å²) in [4.78, 5) is 14.0. The van der Waals surface area contributed by atoms with Crippen molar-refractivity contribution in [3.05, 3.63) is 29.3 Å². The third-order valence-corrected chi connectivity index (χ3v) is 5.26. The summed E-state index contributed by atoms with van der Waals surface area (Å²) in [7, 11) is 0.525. The molecule has 0 radical (unpaired) electrons. The lowest BCUT2D eigenvalue weighted by molar-refractivity contribution is 0.0242. The van der Waals surface area contributed by atoms with Gasteiger partial charge in [0.1, 0.15) is 5.60 Å². The second kappa shape index (κ2) is 6.88. The quantitative estimate of drug-likeness (QED) is 0.658. The predicted molar refractivity (Wildman–Crippen MR) is 107 cm³/mol. The molecule has 0 bridgehead atoms. The number of rotatable bonds is 4. The zero-order valence-electron chi connectivity index (χ0n) is 16.5. The first-order valence-electron chi connectivity index (χ1n) is 8.73. The molecule has 0 fully saturated rings. The van der Waals surface area contributed by atoms with E-state index in [-0.39, 0.29) is 16.4 Å². The first-order valence-corrected chi connectivity index (χ1v) is 9.18. The van der Waals surface area contributed by atoms with Crippen LogP contribution >= 0.6 is 12.6 Å². The standard InChI is InChI=1S/C19H30BNO3S/c1-17(2,3)23-16(22)21-11-13-8-9-15(10-14(13)12-21)20-24-18(4,5)19(6,7)25/h8-10,20,25H,11-12H2,1-7H3. The van der Waals surface area contributed by atoms with Gasteiger partial charge in [0, 0.05) is 17.8 Å². The average molecular weight is 363 g/mol. The highest BCUT2D eigenvalue weighted by atomic mass is 32.1. The summed E-state index contributed by atoms with van der Waals surface area (Å²) >= 11 is 4.63. The second-order valence-corrected chi connectivity index (χ2v) is 9.92. The summed E-state index contributed by atoms with van der Waals surface area (Å²) in [5.41, 5.74) is 2.61. The molecule has 1 heterocycles. The Kier molecular flexibility index (Phi) is 5.55. The number of fused-ring (bicyclic) bond motifs is 1. The van der Waals surface area contributed by atoms with E-state index in [1.54, 1.807) is 4.90 Å². The molecule has 1 aromatic carbocycles. The number of hydrogen-bond acceptors (Lipinski definition) is 4. The van der Waals surface area contributed by atoms with Crippen LogP contribution in [0.25, 0.3) is 0 Å². The van der Waals surface area contributed by atoms with Gasteiger partial charge in [-0.25, -0.2) is 4.79 Å². The molecule has 0 saturated carbocycles. The molecule has 0 spiro atoms. The number of carbonyl (C=O) groups is 1. The Morgan fingerprint density at radius 1 is 1.08 bits per heavy atom. The minimum absolute atomic E-state index is 0.239. The van der Waals surface area contributed by atoms with Crippen molar-refractivity contribution in [3.63, 3.8) is 0 Å². The van der Waals surface area contributed by atoms with E-state index in [4.69, 9.17) is 9.39 Å². The summed E-state index contributed by atoms with van der Waals surface area (Å²) in [5.74, 6) is 0. The molecule has 138 valence electrons. The van der Waals surface area contributed by atoms with Crippen molar-refractivity contribution in [3.8, 4) is 0 Å². The van der Waals surface area contributed by atoms with Gasteiger partial charge in [-0.1, -0.05) is 23.7 Å². The smallest absolute Gasteiger partial charge is 0.410 e. The Labute approximate surface area is 157 Å². The number of carbonyl (C=O) groups excluding carboxylic acids is 1. The average Bonchev–Trinajstić information content (AvgIpc) is 2.85. The molecule has 0 N–H and O–H groups in total. The molecule has 1 amide bonds. The zero-order valence-corrected chi connectivity index (χ0v) is 17.4. The van der Waals surface area contributed by atoms with Crippen LogP contribution in [0, 0.1) is 0 Å². The first-order chi connectivity index (χ1) is 11.3. The number of amides is 1. The van der Waals surface area contributed by atoms with Crippen LogP contribution in [0.1, 0.15) is 59.6 Å². The summed E-state index contributed by atoms with van der Waals surface area (Å²) in [6.45, 7) is 15.0. The van der Waals surface area contributed by atoms with E-state index < -0.39 is 5.60 Å². The van der Waals surface area contributed by atoms with Crippen LogP contribution in [0.15, 0.2) is 18.2 Å². The summed E-state index contributed by atoms with van der Waals surface area (Å²) in [5, 5.41) is 0. The largest absolute Gasteiger partial charge is 0.444 e. The Hall–Kier alpha value is -1.14. The lowest BCUT2D eigenvalue weighted by atomic mass is 9.83. The third-order valence-electron chi connectivity index (χ3n) is 4.72. The Balaban J connectivity index is 2.02. The second-order valence-electron chi connectivity index (χ2n) is 8.80. The maximum absolute atomic E-state index is 12.3. The molecule has 4 nitrogen and oxygen atoms in total. The Morgan fingerprint density at radius 2 is 1.68 bits per heavy atom. The highest BCUT2D eigenvalue weighted by Gasteiger charge is 2.34. The minimum Gasteiger partial charge on any atom is -0.444 e. The molecule has 0 unspecified atom stereocenters. The third kappa shape index (κ3) is 5.17. The fourth-order valence-corrected chi connectivity index (χ4v) is 2.50. The number of benzene rings is 1. The topological polar surface area (TPSA) is 38.8 Å². The van der Waals surface area contributed by atoms with Crippen LogP contribution in [0.3, 0.4) is 0 Å². The molecule has 1 aromatic rings. The lowest BCUT2D eigenvalue weighted by Crippen LogP contribution is -2.45. The molecule has 25 heavy (non-hydrogen) atoms. The molecule has 2 rings (SSSR count). The van der Waals surface area contributed by atoms with Gasteiger partial charge in [-0.3, -0.25) is 4.90 Å². The van der Waals surface area contributed by atoms with Crippen LogP contribution in [0.2, 0.25) is 0 Å². The number of nitrogens with zero attached hydrogens (tertiary/aromatic N) is 1. The fourth-order valence-electron chi connectivity index (χ4n) is 2.43. The van der Waals surface area contributed by atoms with Crippen LogP contribution < -0.4 is 5.46 Å². The van der Waals surface area contributed by atoms with E-state index in [1.165, 1.54) is 5.56 Å². The van der Waals surface area contributed by atoms with Crippen molar-refractivity contribution in [2.75, 3.05) is 0 Å². The van der Waals surface area contributed by atoms with Crippen molar-refractivity contribution in [2.45, 2.75) is 77.5 Å². The number of thiol groups is 1. The molecule has 0 aromatic heterocycles. The molecule has 1 aliphatic rings. The van der Waals surface area contributed by atoms with Crippen molar-refractivity contribution in [1.29, 1.82) is 0 Å².